The molecule has 19 heavy (non-hydrogen) atoms. The summed E-state index contributed by atoms with van der Waals surface area (Å²) in [6, 6.07) is 5.51. The van der Waals surface area contributed by atoms with Gasteiger partial charge in [0.1, 0.15) is 23.7 Å². The van der Waals surface area contributed by atoms with Crippen LogP contribution in [-0.2, 0) is 0 Å². The van der Waals surface area contributed by atoms with Gasteiger partial charge in [-0.3, -0.25) is 0 Å². The molecule has 0 fully saturated rings. The molecule has 1 aromatic carbocycles. The molecule has 2 rings (SSSR count). The largest absolute Gasteiger partial charge is 0.495 e. The maximum Gasteiger partial charge on any atom is 0.143 e. The third-order valence-corrected chi connectivity index (χ3v) is 3.07. The average Bonchev–Trinajstić information content (AvgIpc) is 2.43. The summed E-state index contributed by atoms with van der Waals surface area (Å²) in [4.78, 5) is 8.22. The molecule has 1 heterocycles. The Morgan fingerprint density at radius 2 is 1.89 bits per heavy atom. The molecule has 0 aliphatic rings. The summed E-state index contributed by atoms with van der Waals surface area (Å²) in [5.41, 5.74) is 1.78. The molecule has 1 aromatic heterocycles. The van der Waals surface area contributed by atoms with Crippen LogP contribution in [0.15, 0.2) is 24.5 Å². The second-order valence-corrected chi connectivity index (χ2v) is 4.37. The highest BCUT2D eigenvalue weighted by molar-refractivity contribution is 6.31. The van der Waals surface area contributed by atoms with Crippen LogP contribution in [-0.4, -0.2) is 24.1 Å². The summed E-state index contributed by atoms with van der Waals surface area (Å²) in [6.07, 6.45) is 1.49. The minimum atomic E-state index is 0.667. The normalized spacial score (nSPS) is 10.1. The van der Waals surface area contributed by atoms with Gasteiger partial charge in [0.15, 0.2) is 0 Å². The fraction of sp³-hybridized carbons (Fsp3) is 0.231. The van der Waals surface area contributed by atoms with Gasteiger partial charge in [-0.25, -0.2) is 9.97 Å². The molecule has 0 saturated carbocycles. The second-order valence-electron chi connectivity index (χ2n) is 3.97. The standard InChI is InChI=1S/C13H15ClN4O/c1-8-4-10(11(19-3)5-9(8)14)18-13-6-12(15-2)16-7-17-13/h4-7H,1-3H3,(H2,15,16,17,18). The monoisotopic (exact) mass is 278 g/mol. The molecule has 100 valence electrons. The zero-order valence-corrected chi connectivity index (χ0v) is 11.7. The highest BCUT2D eigenvalue weighted by Gasteiger charge is 2.08. The molecule has 0 bridgehead atoms. The van der Waals surface area contributed by atoms with Crippen LogP contribution in [0.3, 0.4) is 0 Å². The number of ether oxygens (including phenoxy) is 1. The van der Waals surface area contributed by atoms with E-state index in [-0.39, 0.29) is 0 Å². The third-order valence-electron chi connectivity index (χ3n) is 2.67. The molecule has 0 atom stereocenters. The number of methoxy groups -OCH3 is 1. The number of nitrogens with one attached hydrogen (secondary N) is 2. The molecule has 0 aliphatic carbocycles. The van der Waals surface area contributed by atoms with E-state index in [9.17, 15) is 0 Å². The van der Waals surface area contributed by atoms with Gasteiger partial charge in [0.05, 0.1) is 12.8 Å². The van der Waals surface area contributed by atoms with Gasteiger partial charge < -0.3 is 15.4 Å². The van der Waals surface area contributed by atoms with E-state index in [1.807, 2.05) is 19.1 Å². The van der Waals surface area contributed by atoms with Crippen molar-refractivity contribution in [2.45, 2.75) is 6.92 Å². The maximum atomic E-state index is 6.07. The van der Waals surface area contributed by atoms with Crippen LogP contribution in [0.25, 0.3) is 0 Å². The first-order chi connectivity index (χ1) is 9.13. The van der Waals surface area contributed by atoms with E-state index in [4.69, 9.17) is 16.3 Å². The molecular weight excluding hydrogens is 264 g/mol. The first-order valence-corrected chi connectivity index (χ1v) is 6.12. The number of rotatable bonds is 4. The predicted molar refractivity (Wildman–Crippen MR) is 77.6 cm³/mol. The van der Waals surface area contributed by atoms with Crippen molar-refractivity contribution in [2.24, 2.45) is 0 Å². The summed E-state index contributed by atoms with van der Waals surface area (Å²) in [5, 5.41) is 6.82. The zero-order chi connectivity index (χ0) is 13.8. The van der Waals surface area contributed by atoms with Crippen LogP contribution < -0.4 is 15.4 Å². The van der Waals surface area contributed by atoms with Crippen molar-refractivity contribution in [3.05, 3.63) is 35.1 Å². The Hall–Kier alpha value is -2.01. The number of anilines is 3. The molecule has 5 nitrogen and oxygen atoms in total. The summed E-state index contributed by atoms with van der Waals surface area (Å²) in [6.45, 7) is 1.94. The Labute approximate surface area is 117 Å². The van der Waals surface area contributed by atoms with Crippen molar-refractivity contribution in [2.75, 3.05) is 24.8 Å². The van der Waals surface area contributed by atoms with Crippen molar-refractivity contribution < 1.29 is 4.74 Å². The lowest BCUT2D eigenvalue weighted by Crippen LogP contribution is -2.00. The van der Waals surface area contributed by atoms with E-state index in [0.717, 1.165) is 17.1 Å². The number of aromatic nitrogens is 2. The number of halogens is 1. The molecule has 0 unspecified atom stereocenters. The van der Waals surface area contributed by atoms with Crippen molar-refractivity contribution in [3.63, 3.8) is 0 Å². The quantitative estimate of drug-likeness (QED) is 0.899. The van der Waals surface area contributed by atoms with Gasteiger partial charge in [-0.05, 0) is 18.6 Å². The molecule has 0 saturated heterocycles. The van der Waals surface area contributed by atoms with Gasteiger partial charge in [0.25, 0.3) is 0 Å². The van der Waals surface area contributed by atoms with Crippen LogP contribution >= 0.6 is 11.6 Å². The van der Waals surface area contributed by atoms with Gasteiger partial charge in [0.2, 0.25) is 0 Å². The van der Waals surface area contributed by atoms with Gasteiger partial charge in [-0.15, -0.1) is 0 Å². The van der Waals surface area contributed by atoms with E-state index in [1.165, 1.54) is 6.33 Å². The lowest BCUT2D eigenvalue weighted by molar-refractivity contribution is 0.416. The molecule has 6 heteroatoms. The molecule has 0 amide bonds. The number of nitrogens with zero attached hydrogens (tertiary/aromatic N) is 2. The molecular formula is C13H15ClN4O. The van der Waals surface area contributed by atoms with Crippen molar-refractivity contribution in [1.82, 2.24) is 9.97 Å². The van der Waals surface area contributed by atoms with E-state index < -0.39 is 0 Å². The van der Waals surface area contributed by atoms with E-state index in [2.05, 4.69) is 20.6 Å². The summed E-state index contributed by atoms with van der Waals surface area (Å²) in [7, 11) is 3.41. The Morgan fingerprint density at radius 3 is 2.58 bits per heavy atom. The highest BCUT2D eigenvalue weighted by atomic mass is 35.5. The fourth-order valence-electron chi connectivity index (χ4n) is 1.63. The van der Waals surface area contributed by atoms with Crippen molar-refractivity contribution in [1.29, 1.82) is 0 Å². The summed E-state index contributed by atoms with van der Waals surface area (Å²) in [5.74, 6) is 2.08. The maximum absolute atomic E-state index is 6.07. The van der Waals surface area contributed by atoms with Gasteiger partial charge in [-0.2, -0.15) is 0 Å². The van der Waals surface area contributed by atoms with Gasteiger partial charge >= 0.3 is 0 Å². The molecule has 2 N–H and O–H groups in total. The second kappa shape index (κ2) is 5.75. The summed E-state index contributed by atoms with van der Waals surface area (Å²) >= 11 is 6.07. The molecule has 0 spiro atoms. The van der Waals surface area contributed by atoms with E-state index in [1.54, 1.807) is 20.2 Å². The summed E-state index contributed by atoms with van der Waals surface area (Å²) < 4.78 is 5.30. The minimum absolute atomic E-state index is 0.667. The molecule has 0 radical (unpaired) electrons. The number of benzene rings is 1. The lowest BCUT2D eigenvalue weighted by atomic mass is 10.2. The fourth-order valence-corrected chi connectivity index (χ4v) is 1.78. The van der Waals surface area contributed by atoms with Crippen LogP contribution in [0.4, 0.5) is 17.3 Å². The van der Waals surface area contributed by atoms with Crippen molar-refractivity contribution in [3.8, 4) is 5.75 Å². The number of aryl methyl sites for hydroxylation is 1. The third kappa shape index (κ3) is 3.06. The van der Waals surface area contributed by atoms with E-state index >= 15 is 0 Å². The SMILES string of the molecule is CNc1cc(Nc2cc(C)c(Cl)cc2OC)ncn1. The number of hydrogen-bond donors (Lipinski definition) is 2. The highest BCUT2D eigenvalue weighted by Crippen LogP contribution is 2.32. The van der Waals surface area contributed by atoms with Crippen LogP contribution in [0.5, 0.6) is 5.75 Å². The van der Waals surface area contributed by atoms with E-state index in [0.29, 0.717) is 16.6 Å². The Kier molecular flexibility index (Phi) is 4.06. The smallest absolute Gasteiger partial charge is 0.143 e. The Bertz CT molecular complexity index is 589. The lowest BCUT2D eigenvalue weighted by Gasteiger charge is -2.13. The minimum Gasteiger partial charge on any atom is -0.495 e. The van der Waals surface area contributed by atoms with Gasteiger partial charge in [-0.1, -0.05) is 11.6 Å². The first-order valence-electron chi connectivity index (χ1n) is 5.75. The van der Waals surface area contributed by atoms with Crippen LogP contribution in [0.1, 0.15) is 5.56 Å². The zero-order valence-electron chi connectivity index (χ0n) is 11.0. The van der Waals surface area contributed by atoms with Crippen LogP contribution in [0.2, 0.25) is 5.02 Å². The molecule has 0 aliphatic heterocycles. The first kappa shape index (κ1) is 13.4. The number of hydrogen-bond acceptors (Lipinski definition) is 5. The van der Waals surface area contributed by atoms with Crippen molar-refractivity contribution >= 4 is 28.9 Å². The molecule has 2 aromatic rings. The Morgan fingerprint density at radius 1 is 1.16 bits per heavy atom. The average molecular weight is 279 g/mol. The van der Waals surface area contributed by atoms with Gasteiger partial charge in [0, 0.05) is 24.2 Å². The predicted octanol–water partition coefficient (Wildman–Crippen LogP) is 3.23. The topological polar surface area (TPSA) is 59.1 Å². The Balaban J connectivity index is 2.34. The van der Waals surface area contributed by atoms with Crippen LogP contribution in [0, 0.1) is 6.92 Å².